The first-order valence-corrected chi connectivity index (χ1v) is 15.9. The second-order valence-electron chi connectivity index (χ2n) is 13.8. The van der Waals surface area contributed by atoms with E-state index in [1.165, 1.54) is 51.4 Å². The monoisotopic (exact) mass is 498 g/mol. The molecule has 190 valence electrons. The van der Waals surface area contributed by atoms with Gasteiger partial charge in [-0.15, -0.1) is 11.6 Å². The second kappa shape index (κ2) is 8.10. The highest BCUT2D eigenvalue weighted by Crippen LogP contribution is 2.82. The summed E-state index contributed by atoms with van der Waals surface area (Å²) in [5.74, 6) is 4.44. The molecule has 0 aromatic heterocycles. The van der Waals surface area contributed by atoms with Gasteiger partial charge in [0.15, 0.2) is 9.84 Å². The highest BCUT2D eigenvalue weighted by molar-refractivity contribution is 7.93. The van der Waals surface area contributed by atoms with Gasteiger partial charge in [-0.2, -0.15) is 0 Å². The van der Waals surface area contributed by atoms with Gasteiger partial charge < -0.3 is 4.74 Å². The van der Waals surface area contributed by atoms with Gasteiger partial charge in [-0.1, -0.05) is 34.6 Å². The summed E-state index contributed by atoms with van der Waals surface area (Å²) < 4.78 is 31.6. The van der Waals surface area contributed by atoms with Crippen LogP contribution >= 0.6 is 11.6 Å². The summed E-state index contributed by atoms with van der Waals surface area (Å²) in [6.45, 7) is 11.4. The molecule has 0 heterocycles. The van der Waals surface area contributed by atoms with Crippen LogP contribution in [0.5, 0.6) is 0 Å². The van der Waals surface area contributed by atoms with Crippen LogP contribution in [0.25, 0.3) is 0 Å². The van der Waals surface area contributed by atoms with Crippen LogP contribution < -0.4 is 0 Å². The molecule has 5 saturated carbocycles. The van der Waals surface area contributed by atoms with Gasteiger partial charge in [0.2, 0.25) is 0 Å². The van der Waals surface area contributed by atoms with E-state index >= 15 is 0 Å². The van der Waals surface area contributed by atoms with Crippen molar-refractivity contribution in [2.75, 3.05) is 12.9 Å². The molecule has 0 radical (unpaired) electrons. The highest BCUT2D eigenvalue weighted by Gasteiger charge is 2.77. The second-order valence-corrected chi connectivity index (χ2v) is 16.8. The van der Waals surface area contributed by atoms with Crippen molar-refractivity contribution in [3.63, 3.8) is 0 Å². The van der Waals surface area contributed by atoms with Gasteiger partial charge in [-0.25, -0.2) is 8.42 Å². The zero-order valence-corrected chi connectivity index (χ0v) is 23.4. The number of fused-ring (bicyclic) bond motifs is 4. The lowest BCUT2D eigenvalue weighted by molar-refractivity contribution is -0.160. The van der Waals surface area contributed by atoms with E-state index in [4.69, 9.17) is 16.3 Å². The van der Waals surface area contributed by atoms with E-state index in [0.717, 1.165) is 23.7 Å². The van der Waals surface area contributed by atoms with E-state index in [9.17, 15) is 8.42 Å². The Morgan fingerprint density at radius 1 is 1.03 bits per heavy atom. The summed E-state index contributed by atoms with van der Waals surface area (Å²) in [4.78, 5) is 0. The molecule has 0 aromatic carbocycles. The van der Waals surface area contributed by atoms with Gasteiger partial charge in [0, 0.05) is 12.5 Å². The molecule has 11 atom stereocenters. The van der Waals surface area contributed by atoms with Crippen molar-refractivity contribution in [3.8, 4) is 0 Å². The van der Waals surface area contributed by atoms with Crippen molar-refractivity contribution in [2.45, 2.75) is 103 Å². The normalized spacial score (nSPS) is 50.3. The van der Waals surface area contributed by atoms with Crippen molar-refractivity contribution < 1.29 is 13.2 Å². The fraction of sp³-hybridized carbons (Fsp3) is 1.00. The number of ether oxygens (including phenoxy) is 1. The van der Waals surface area contributed by atoms with E-state index in [1.54, 1.807) is 0 Å². The van der Waals surface area contributed by atoms with Gasteiger partial charge in [-0.3, -0.25) is 0 Å². The Kier molecular flexibility index (Phi) is 6.11. The highest BCUT2D eigenvalue weighted by atomic mass is 35.5. The minimum Gasteiger partial charge on any atom is -0.381 e. The number of halogens is 1. The van der Waals surface area contributed by atoms with E-state index in [1.807, 2.05) is 21.0 Å². The van der Waals surface area contributed by atoms with Gasteiger partial charge in [0.05, 0.1) is 11.9 Å². The average Bonchev–Trinajstić information content (AvgIpc) is 3.23. The first kappa shape index (κ1) is 24.9. The Balaban J connectivity index is 1.35. The molecule has 3 nitrogen and oxygen atoms in total. The molecule has 1 unspecified atom stereocenters. The molecule has 0 N–H and O–H groups in total. The Morgan fingerprint density at radius 3 is 2.39 bits per heavy atom. The number of hydrogen-bond acceptors (Lipinski definition) is 3. The average molecular weight is 499 g/mol. The third-order valence-corrected chi connectivity index (χ3v) is 15.1. The van der Waals surface area contributed by atoms with Crippen LogP contribution in [0.1, 0.15) is 92.4 Å². The molecule has 5 aliphatic carbocycles. The van der Waals surface area contributed by atoms with Crippen LogP contribution in [0.15, 0.2) is 0 Å². The van der Waals surface area contributed by atoms with Crippen LogP contribution in [0, 0.1) is 57.7 Å². The molecule has 0 bridgehead atoms. The van der Waals surface area contributed by atoms with Crippen LogP contribution in [-0.4, -0.2) is 32.1 Å². The van der Waals surface area contributed by atoms with Crippen LogP contribution in [0.4, 0.5) is 0 Å². The third kappa shape index (κ3) is 3.45. The van der Waals surface area contributed by atoms with E-state index in [0.29, 0.717) is 35.2 Å². The number of rotatable bonds is 7. The fourth-order valence-electron chi connectivity index (χ4n) is 10.7. The molecule has 1 spiro atoms. The molecule has 0 amide bonds. The summed E-state index contributed by atoms with van der Waals surface area (Å²) in [5.41, 5.74) is 1.19. The molecular weight excluding hydrogens is 452 g/mol. The van der Waals surface area contributed by atoms with Crippen LogP contribution in [0.2, 0.25) is 0 Å². The van der Waals surface area contributed by atoms with Gasteiger partial charge in [-0.05, 0) is 110 Å². The number of hydrogen-bond donors (Lipinski definition) is 0. The molecule has 5 heteroatoms. The zero-order valence-electron chi connectivity index (χ0n) is 21.8. The van der Waals surface area contributed by atoms with Gasteiger partial charge in [0.25, 0.3) is 0 Å². The quantitative estimate of drug-likeness (QED) is 0.357. The summed E-state index contributed by atoms with van der Waals surface area (Å²) in [5, 5.41) is 0. The summed E-state index contributed by atoms with van der Waals surface area (Å²) in [6, 6.07) is 0. The Morgan fingerprint density at radius 2 is 1.76 bits per heavy atom. The Labute approximate surface area is 208 Å². The Hall–Kier alpha value is 0.200. The molecule has 33 heavy (non-hydrogen) atoms. The van der Waals surface area contributed by atoms with Crippen molar-refractivity contribution in [1.29, 1.82) is 0 Å². The van der Waals surface area contributed by atoms with Crippen molar-refractivity contribution in [2.24, 2.45) is 57.7 Å². The zero-order chi connectivity index (χ0) is 24.0. The number of methoxy groups -OCH3 is 1. The summed E-state index contributed by atoms with van der Waals surface area (Å²) in [6.07, 6.45) is 11.5. The fourth-order valence-corrected chi connectivity index (χ4v) is 13.1. The predicted molar refractivity (Wildman–Crippen MR) is 136 cm³/mol. The first-order chi connectivity index (χ1) is 15.4. The maximum atomic E-state index is 13.1. The molecule has 0 aliphatic heterocycles. The maximum Gasteiger partial charge on any atom is 0.167 e. The number of alkyl halides is 1. The molecule has 5 aliphatic rings. The smallest absolute Gasteiger partial charge is 0.167 e. The van der Waals surface area contributed by atoms with Gasteiger partial charge in [0.1, 0.15) is 4.71 Å². The molecule has 0 saturated heterocycles. The first-order valence-electron chi connectivity index (χ1n) is 13.8. The lowest BCUT2D eigenvalue weighted by Gasteiger charge is -2.61. The van der Waals surface area contributed by atoms with E-state index < -0.39 is 14.5 Å². The summed E-state index contributed by atoms with van der Waals surface area (Å²) >= 11 is 6.40. The molecule has 5 rings (SSSR count). The lowest BCUT2D eigenvalue weighted by Crippen LogP contribution is -2.57. The largest absolute Gasteiger partial charge is 0.381 e. The van der Waals surface area contributed by atoms with E-state index in [-0.39, 0.29) is 17.1 Å². The standard InChI is InChI=1S/C28H47ClO3S/c1-17(2)13-25(29)33(30,31)16-18(3)21-7-8-22-20-14-24(32-6)28-15-19(28)9-12-27(28,5)23(20)10-11-26(21,22)4/h17-25H,7-16H2,1-6H3/t18-,19-,20+,21-,22+,23+,24-,25?,26-,27-,28+/m1/s1. The predicted octanol–water partition coefficient (Wildman–Crippen LogP) is 6.93. The van der Waals surface area contributed by atoms with Crippen molar-refractivity contribution in [3.05, 3.63) is 0 Å². The maximum absolute atomic E-state index is 13.1. The van der Waals surface area contributed by atoms with Crippen molar-refractivity contribution >= 4 is 21.4 Å². The third-order valence-electron chi connectivity index (χ3n) is 12.1. The SMILES string of the molecule is CO[C@@H]1C[C@H]2[C@@H]3CC[C@H]([C@H](C)CS(=O)(=O)C(Cl)CC(C)C)[C@@]3(C)CC[C@@H]2[C@@]2(C)CC[C@@H]3C[C@]312. The summed E-state index contributed by atoms with van der Waals surface area (Å²) in [7, 11) is -1.31. The number of sulfone groups is 1. The van der Waals surface area contributed by atoms with Gasteiger partial charge >= 0.3 is 0 Å². The lowest BCUT2D eigenvalue weighted by atomic mass is 9.45. The molecule has 0 aromatic rings. The molecular formula is C28H47ClO3S. The Bertz CT molecular complexity index is 872. The minimum absolute atomic E-state index is 0.179. The topological polar surface area (TPSA) is 43.4 Å². The molecule has 5 fully saturated rings. The van der Waals surface area contributed by atoms with Crippen LogP contribution in [-0.2, 0) is 14.6 Å². The van der Waals surface area contributed by atoms with E-state index in [2.05, 4.69) is 20.8 Å². The van der Waals surface area contributed by atoms with Crippen molar-refractivity contribution in [1.82, 2.24) is 0 Å². The minimum atomic E-state index is -3.27. The van der Waals surface area contributed by atoms with Crippen LogP contribution in [0.3, 0.4) is 0 Å².